The van der Waals surface area contributed by atoms with E-state index in [2.05, 4.69) is 0 Å². The molecule has 1 aromatic heterocycles. The Hall–Kier alpha value is -1.53. The van der Waals surface area contributed by atoms with Gasteiger partial charge >= 0.3 is 5.97 Å². The Balaban J connectivity index is 2.57. The number of aromatic carboxylic acids is 1. The maximum absolute atomic E-state index is 13.8. The molecule has 0 amide bonds. The molecule has 4 nitrogen and oxygen atoms in total. The van der Waals surface area contributed by atoms with E-state index in [4.69, 9.17) is 16.7 Å². The van der Waals surface area contributed by atoms with E-state index in [-0.39, 0.29) is 22.0 Å². The fourth-order valence-corrected chi connectivity index (χ4v) is 3.80. The Kier molecular flexibility index (Phi) is 3.02. The highest BCUT2D eigenvalue weighted by atomic mass is 35.5. The SMILES string of the molecule is CC1CSc2c(Cl)c(F)cc3c(=O)c(C(=O)O)cn1c23. The molecule has 0 aliphatic carbocycles. The summed E-state index contributed by atoms with van der Waals surface area (Å²) in [5, 5.41) is 9.14. The predicted octanol–water partition coefficient (Wildman–Crippen LogP) is 3.16. The van der Waals surface area contributed by atoms with Gasteiger partial charge in [0.15, 0.2) is 0 Å². The topological polar surface area (TPSA) is 59.3 Å². The summed E-state index contributed by atoms with van der Waals surface area (Å²) in [5.74, 6) is -1.39. The minimum atomic E-state index is -1.32. The molecule has 3 rings (SSSR count). The molecule has 0 fully saturated rings. The molecule has 20 heavy (non-hydrogen) atoms. The number of carboxylic acid groups (broad SMARTS) is 1. The molecule has 1 atom stereocenters. The standard InChI is InChI=1S/C13H9ClFNO3S/c1-5-4-20-12-9(14)8(15)2-6-10(12)16(5)3-7(11(6)17)13(18)19/h2-3,5H,4H2,1H3,(H,18,19). The average Bonchev–Trinajstić information content (AvgIpc) is 2.39. The Morgan fingerprint density at radius 2 is 2.30 bits per heavy atom. The summed E-state index contributed by atoms with van der Waals surface area (Å²) in [6.07, 6.45) is 1.31. The van der Waals surface area contributed by atoms with Crippen LogP contribution in [0.15, 0.2) is 22.0 Å². The van der Waals surface area contributed by atoms with E-state index in [0.717, 1.165) is 6.07 Å². The zero-order chi connectivity index (χ0) is 14.6. The highest BCUT2D eigenvalue weighted by molar-refractivity contribution is 7.99. The minimum Gasteiger partial charge on any atom is -0.477 e. The van der Waals surface area contributed by atoms with Crippen molar-refractivity contribution >= 4 is 40.2 Å². The van der Waals surface area contributed by atoms with Crippen molar-refractivity contribution in [3.8, 4) is 0 Å². The molecular formula is C13H9ClFNO3S. The lowest BCUT2D eigenvalue weighted by Crippen LogP contribution is -2.23. The van der Waals surface area contributed by atoms with Crippen molar-refractivity contribution in [1.29, 1.82) is 0 Å². The summed E-state index contributed by atoms with van der Waals surface area (Å²) >= 11 is 7.33. The first-order chi connectivity index (χ1) is 9.41. The number of hydrogen-bond acceptors (Lipinski definition) is 3. The molecule has 0 saturated carbocycles. The first-order valence-corrected chi connectivity index (χ1v) is 7.21. The molecule has 2 aromatic rings. The van der Waals surface area contributed by atoms with Crippen molar-refractivity contribution in [2.24, 2.45) is 0 Å². The number of rotatable bonds is 1. The number of carboxylic acids is 1. The Morgan fingerprint density at radius 1 is 1.60 bits per heavy atom. The third-order valence-electron chi connectivity index (χ3n) is 3.34. The van der Waals surface area contributed by atoms with Crippen molar-refractivity contribution in [2.75, 3.05) is 5.75 Å². The van der Waals surface area contributed by atoms with Gasteiger partial charge in [0, 0.05) is 18.0 Å². The van der Waals surface area contributed by atoms with Gasteiger partial charge in [0.1, 0.15) is 11.4 Å². The molecule has 1 aliphatic rings. The number of thioether (sulfide) groups is 1. The Bertz CT molecular complexity index is 818. The van der Waals surface area contributed by atoms with Crippen LogP contribution in [-0.4, -0.2) is 21.4 Å². The normalized spacial score (nSPS) is 17.4. The number of benzene rings is 1. The van der Waals surface area contributed by atoms with E-state index in [1.165, 1.54) is 18.0 Å². The smallest absolute Gasteiger partial charge is 0.341 e. The zero-order valence-electron chi connectivity index (χ0n) is 10.3. The predicted molar refractivity (Wildman–Crippen MR) is 75.6 cm³/mol. The quantitative estimate of drug-likeness (QED) is 0.878. The summed E-state index contributed by atoms with van der Waals surface area (Å²) in [4.78, 5) is 23.8. The van der Waals surface area contributed by atoms with Crippen LogP contribution in [0.5, 0.6) is 0 Å². The van der Waals surface area contributed by atoms with Crippen molar-refractivity contribution in [3.05, 3.63) is 38.9 Å². The molecular weight excluding hydrogens is 305 g/mol. The van der Waals surface area contributed by atoms with Crippen LogP contribution in [0.1, 0.15) is 23.3 Å². The first-order valence-electron chi connectivity index (χ1n) is 5.84. The number of hydrogen-bond donors (Lipinski definition) is 1. The summed E-state index contributed by atoms with van der Waals surface area (Å²) in [5.41, 5.74) is -0.533. The van der Waals surface area contributed by atoms with Crippen LogP contribution in [-0.2, 0) is 0 Å². The van der Waals surface area contributed by atoms with Gasteiger partial charge in [-0.25, -0.2) is 9.18 Å². The second kappa shape index (κ2) is 4.49. The molecule has 1 N–H and O–H groups in total. The second-order valence-corrected chi connectivity index (χ2v) is 6.05. The zero-order valence-corrected chi connectivity index (χ0v) is 11.9. The molecule has 2 heterocycles. The highest BCUT2D eigenvalue weighted by Crippen LogP contribution is 2.41. The summed E-state index contributed by atoms with van der Waals surface area (Å²) in [7, 11) is 0. The summed E-state index contributed by atoms with van der Waals surface area (Å²) in [6, 6.07) is 1.01. The van der Waals surface area contributed by atoms with Gasteiger partial charge in [0.2, 0.25) is 5.43 Å². The monoisotopic (exact) mass is 313 g/mol. The van der Waals surface area contributed by atoms with Gasteiger partial charge in [-0.15, -0.1) is 11.8 Å². The lowest BCUT2D eigenvalue weighted by molar-refractivity contribution is 0.0694. The van der Waals surface area contributed by atoms with E-state index >= 15 is 0 Å². The molecule has 0 saturated heterocycles. The number of pyridine rings is 1. The molecule has 1 unspecified atom stereocenters. The Labute approximate surface area is 122 Å². The van der Waals surface area contributed by atoms with Crippen molar-refractivity contribution < 1.29 is 14.3 Å². The molecule has 0 bridgehead atoms. The minimum absolute atomic E-state index is 0.00442. The largest absolute Gasteiger partial charge is 0.477 e. The maximum atomic E-state index is 13.8. The fourth-order valence-electron chi connectivity index (χ4n) is 2.35. The van der Waals surface area contributed by atoms with Gasteiger partial charge in [-0.3, -0.25) is 4.79 Å². The maximum Gasteiger partial charge on any atom is 0.341 e. The fraction of sp³-hybridized carbons (Fsp3) is 0.231. The van der Waals surface area contributed by atoms with E-state index in [1.54, 1.807) is 4.57 Å². The lowest BCUT2D eigenvalue weighted by Gasteiger charge is -2.26. The van der Waals surface area contributed by atoms with Crippen molar-refractivity contribution in [3.63, 3.8) is 0 Å². The lowest BCUT2D eigenvalue weighted by atomic mass is 10.1. The van der Waals surface area contributed by atoms with E-state index in [1.807, 2.05) is 6.92 Å². The summed E-state index contributed by atoms with van der Waals surface area (Å²) < 4.78 is 15.5. The summed E-state index contributed by atoms with van der Waals surface area (Å²) in [6.45, 7) is 1.91. The van der Waals surface area contributed by atoms with Gasteiger partial charge < -0.3 is 9.67 Å². The van der Waals surface area contributed by atoms with Crippen LogP contribution in [0.3, 0.4) is 0 Å². The third kappa shape index (κ3) is 1.75. The number of carbonyl (C=O) groups is 1. The van der Waals surface area contributed by atoms with Crippen LogP contribution in [0.25, 0.3) is 10.9 Å². The van der Waals surface area contributed by atoms with Gasteiger partial charge in [-0.2, -0.15) is 0 Å². The second-order valence-electron chi connectivity index (χ2n) is 4.64. The van der Waals surface area contributed by atoms with E-state index < -0.39 is 17.2 Å². The van der Waals surface area contributed by atoms with E-state index in [0.29, 0.717) is 16.2 Å². The Morgan fingerprint density at radius 3 is 2.95 bits per heavy atom. The number of aromatic nitrogens is 1. The van der Waals surface area contributed by atoms with Crippen LogP contribution < -0.4 is 5.43 Å². The van der Waals surface area contributed by atoms with Crippen LogP contribution in [0.2, 0.25) is 5.02 Å². The van der Waals surface area contributed by atoms with Gasteiger partial charge in [-0.05, 0) is 13.0 Å². The van der Waals surface area contributed by atoms with Gasteiger partial charge in [0.05, 0.1) is 20.8 Å². The highest BCUT2D eigenvalue weighted by Gasteiger charge is 2.26. The number of nitrogens with zero attached hydrogens (tertiary/aromatic N) is 1. The molecule has 0 radical (unpaired) electrons. The molecule has 7 heteroatoms. The van der Waals surface area contributed by atoms with Gasteiger partial charge in [0.25, 0.3) is 0 Å². The third-order valence-corrected chi connectivity index (χ3v) is 5.16. The molecule has 1 aromatic carbocycles. The average molecular weight is 314 g/mol. The van der Waals surface area contributed by atoms with Crippen molar-refractivity contribution in [2.45, 2.75) is 17.9 Å². The van der Waals surface area contributed by atoms with E-state index in [9.17, 15) is 14.0 Å². The van der Waals surface area contributed by atoms with Crippen LogP contribution in [0, 0.1) is 5.82 Å². The molecule has 104 valence electrons. The molecule has 0 spiro atoms. The van der Waals surface area contributed by atoms with Gasteiger partial charge in [-0.1, -0.05) is 11.6 Å². The van der Waals surface area contributed by atoms with Crippen LogP contribution in [0.4, 0.5) is 4.39 Å². The van der Waals surface area contributed by atoms with Crippen molar-refractivity contribution in [1.82, 2.24) is 4.57 Å². The van der Waals surface area contributed by atoms with Crippen LogP contribution >= 0.6 is 23.4 Å². The number of halogens is 2. The first kappa shape index (κ1) is 13.5. The molecule has 1 aliphatic heterocycles.